The van der Waals surface area contributed by atoms with E-state index >= 15 is 0 Å². The van der Waals surface area contributed by atoms with Gasteiger partial charge < -0.3 is 55.1 Å². The lowest BCUT2D eigenvalue weighted by Gasteiger charge is -2.49. The van der Waals surface area contributed by atoms with Gasteiger partial charge in [-0.1, -0.05) is 0 Å². The van der Waals surface area contributed by atoms with Crippen molar-refractivity contribution in [2.45, 2.75) is 61.1 Å². The van der Waals surface area contributed by atoms with Crippen molar-refractivity contribution in [3.63, 3.8) is 0 Å². The topological polar surface area (TPSA) is 242 Å². The Morgan fingerprint density at radius 3 is 2.00 bits per heavy atom. The van der Waals surface area contributed by atoms with Crippen molar-refractivity contribution in [3.8, 4) is 5.75 Å². The minimum atomic E-state index is -2.80. The number of rotatable bonds is 7. The average Bonchev–Trinajstić information content (AvgIpc) is 2.80. The van der Waals surface area contributed by atoms with Crippen LogP contribution in [-0.4, -0.2) is 120 Å². The molecule has 2 heterocycles. The van der Waals surface area contributed by atoms with Gasteiger partial charge in [-0.3, -0.25) is 14.9 Å². The van der Waals surface area contributed by atoms with Crippen molar-refractivity contribution in [1.82, 2.24) is 0 Å². The van der Waals surface area contributed by atoms with Gasteiger partial charge in [0.15, 0.2) is 12.4 Å². The standard InChI is InChI=1S/C18H25NO14/c20-5-9-11(22)13(24)15(26)17(30-9)33-18(16(27)14(25)12(23)10(6-21)32-18)31-8-3-1-7(2-4-8)19(28)29/h1-4,9-17,20-27H,5-6H2/t9-,10-,11-,12-,13+,14+,15-,16-,17+,18+/m1/s1. The summed E-state index contributed by atoms with van der Waals surface area (Å²) in [4.78, 5) is 10.2. The average molecular weight is 479 g/mol. The molecule has 2 fully saturated rings. The first-order valence-electron chi connectivity index (χ1n) is 9.79. The minimum Gasteiger partial charge on any atom is -0.437 e. The van der Waals surface area contributed by atoms with Gasteiger partial charge in [-0.15, -0.1) is 0 Å². The smallest absolute Gasteiger partial charge is 0.360 e. The van der Waals surface area contributed by atoms with E-state index in [-0.39, 0.29) is 11.4 Å². The van der Waals surface area contributed by atoms with E-state index in [0.29, 0.717) is 0 Å². The van der Waals surface area contributed by atoms with E-state index in [1.165, 1.54) is 0 Å². The van der Waals surface area contributed by atoms with Crippen LogP contribution in [0.2, 0.25) is 0 Å². The SMILES string of the molecule is O=[N+]([O-])c1ccc(O[C@]2(O[C@@H]3O[C@H](CO)[C@@H](O)[C@H](O)[C@H]3O)O[C@H](CO)[C@@H](O)[C@H](O)[C@H]2O)cc1. The van der Waals surface area contributed by atoms with Gasteiger partial charge in [0.25, 0.3) is 5.69 Å². The van der Waals surface area contributed by atoms with Crippen LogP contribution < -0.4 is 4.74 Å². The second kappa shape index (κ2) is 10.1. The highest BCUT2D eigenvalue weighted by atomic mass is 16.9. The van der Waals surface area contributed by atoms with Crippen LogP contribution >= 0.6 is 0 Å². The number of nitro benzene ring substituents is 1. The van der Waals surface area contributed by atoms with Gasteiger partial charge in [-0.05, 0) is 12.1 Å². The maximum absolute atomic E-state index is 10.9. The molecule has 0 unspecified atom stereocenters. The third kappa shape index (κ3) is 4.93. The Kier molecular flexibility index (Phi) is 7.82. The van der Waals surface area contributed by atoms with Gasteiger partial charge in [0.1, 0.15) is 48.5 Å². The zero-order valence-electron chi connectivity index (χ0n) is 16.9. The summed E-state index contributed by atoms with van der Waals surface area (Å²) >= 11 is 0. The Hall–Kier alpha value is -2.02. The van der Waals surface area contributed by atoms with Crippen LogP contribution in [0.5, 0.6) is 5.75 Å². The molecule has 0 bridgehead atoms. The first kappa shape index (κ1) is 25.6. The van der Waals surface area contributed by atoms with E-state index in [1.807, 2.05) is 0 Å². The van der Waals surface area contributed by atoms with Crippen LogP contribution in [0.1, 0.15) is 0 Å². The number of benzene rings is 1. The summed E-state index contributed by atoms with van der Waals surface area (Å²) in [6.07, 6.45) is -16.5. The minimum absolute atomic E-state index is 0.204. The monoisotopic (exact) mass is 479 g/mol. The zero-order chi connectivity index (χ0) is 24.5. The molecule has 15 nitrogen and oxygen atoms in total. The van der Waals surface area contributed by atoms with Gasteiger partial charge in [0.05, 0.1) is 18.1 Å². The normalized spacial score (nSPS) is 41.5. The summed E-state index contributed by atoms with van der Waals surface area (Å²) in [5, 5.41) is 91.0. The molecule has 1 aromatic carbocycles. The molecule has 0 aromatic heterocycles. The van der Waals surface area contributed by atoms with Crippen molar-refractivity contribution >= 4 is 5.69 Å². The zero-order valence-corrected chi connectivity index (χ0v) is 16.9. The third-order valence-corrected chi connectivity index (χ3v) is 5.35. The van der Waals surface area contributed by atoms with E-state index in [1.54, 1.807) is 0 Å². The fourth-order valence-electron chi connectivity index (χ4n) is 3.44. The van der Waals surface area contributed by atoms with Crippen LogP contribution in [-0.2, 0) is 14.2 Å². The summed E-state index contributed by atoms with van der Waals surface area (Å²) in [6.45, 7) is -1.68. The van der Waals surface area contributed by atoms with Gasteiger partial charge in [-0.2, -0.15) is 0 Å². The number of hydrogen-bond donors (Lipinski definition) is 8. The second-order valence-corrected chi connectivity index (χ2v) is 7.54. The molecule has 0 aliphatic carbocycles. The Morgan fingerprint density at radius 2 is 1.45 bits per heavy atom. The maximum Gasteiger partial charge on any atom is 0.360 e. The lowest BCUT2D eigenvalue weighted by atomic mass is 9.97. The third-order valence-electron chi connectivity index (χ3n) is 5.35. The van der Waals surface area contributed by atoms with Crippen molar-refractivity contribution in [3.05, 3.63) is 34.4 Å². The van der Waals surface area contributed by atoms with Crippen LogP contribution in [0.15, 0.2) is 24.3 Å². The second-order valence-electron chi connectivity index (χ2n) is 7.54. The number of nitrogens with zero attached hydrogens (tertiary/aromatic N) is 1. The summed E-state index contributed by atoms with van der Waals surface area (Å²) in [7, 11) is 0. The molecule has 186 valence electrons. The van der Waals surface area contributed by atoms with E-state index < -0.39 is 79.2 Å². The Balaban J connectivity index is 1.97. The number of hydrogen-bond acceptors (Lipinski definition) is 14. The predicted molar refractivity (Wildman–Crippen MR) is 101 cm³/mol. The predicted octanol–water partition coefficient (Wildman–Crippen LogP) is -4.08. The summed E-state index contributed by atoms with van der Waals surface area (Å²) in [5.41, 5.74) is -0.306. The van der Waals surface area contributed by atoms with Crippen LogP contribution in [0.25, 0.3) is 0 Å². The van der Waals surface area contributed by atoms with E-state index in [4.69, 9.17) is 18.9 Å². The van der Waals surface area contributed by atoms with Crippen molar-refractivity contribution < 1.29 is 64.7 Å². The fourth-order valence-corrected chi connectivity index (χ4v) is 3.44. The number of non-ortho nitro benzene ring substituents is 1. The van der Waals surface area contributed by atoms with Crippen LogP contribution in [0.4, 0.5) is 5.69 Å². The molecule has 3 rings (SSSR count). The first-order valence-corrected chi connectivity index (χ1v) is 9.79. The molecule has 10 atom stereocenters. The molecule has 0 saturated carbocycles. The lowest BCUT2D eigenvalue weighted by molar-refractivity contribution is -0.478. The summed E-state index contributed by atoms with van der Waals surface area (Å²) in [6, 6.07) is 4.28. The largest absolute Gasteiger partial charge is 0.437 e. The molecule has 8 N–H and O–H groups in total. The fraction of sp³-hybridized carbons (Fsp3) is 0.667. The highest BCUT2D eigenvalue weighted by Gasteiger charge is 2.60. The molecule has 15 heteroatoms. The van der Waals surface area contributed by atoms with Crippen LogP contribution in [0.3, 0.4) is 0 Å². The number of aliphatic hydroxyl groups is 8. The van der Waals surface area contributed by atoms with Crippen molar-refractivity contribution in [1.29, 1.82) is 0 Å². The molecule has 2 aliphatic heterocycles. The van der Waals surface area contributed by atoms with Crippen LogP contribution in [0, 0.1) is 10.1 Å². The van der Waals surface area contributed by atoms with Gasteiger partial charge >= 0.3 is 5.97 Å². The maximum atomic E-state index is 10.9. The Labute approximate surface area is 185 Å². The molecular weight excluding hydrogens is 454 g/mol. The highest BCUT2D eigenvalue weighted by molar-refractivity contribution is 5.36. The van der Waals surface area contributed by atoms with Crippen molar-refractivity contribution in [2.75, 3.05) is 13.2 Å². The van der Waals surface area contributed by atoms with E-state index in [0.717, 1.165) is 24.3 Å². The molecule has 1 aromatic rings. The Bertz CT molecular complexity index is 806. The first-order chi connectivity index (χ1) is 15.5. The molecule has 2 aliphatic rings. The van der Waals surface area contributed by atoms with Gasteiger partial charge in [0, 0.05) is 12.1 Å². The molecule has 0 spiro atoms. The number of nitro groups is 1. The molecular formula is C18H25NO14. The number of ether oxygens (including phenoxy) is 4. The summed E-state index contributed by atoms with van der Waals surface area (Å²) < 4.78 is 21.6. The van der Waals surface area contributed by atoms with E-state index in [2.05, 4.69) is 0 Å². The number of aliphatic hydroxyl groups excluding tert-OH is 8. The lowest BCUT2D eigenvalue weighted by Crippen LogP contribution is -2.71. The molecule has 33 heavy (non-hydrogen) atoms. The van der Waals surface area contributed by atoms with Gasteiger partial charge in [-0.25, -0.2) is 0 Å². The van der Waals surface area contributed by atoms with Gasteiger partial charge in [0.2, 0.25) is 0 Å². The quantitative estimate of drug-likeness (QED) is 0.105. The van der Waals surface area contributed by atoms with Crippen molar-refractivity contribution in [2.24, 2.45) is 0 Å². The Morgan fingerprint density at radius 1 is 0.879 bits per heavy atom. The molecule has 0 radical (unpaired) electrons. The van der Waals surface area contributed by atoms with E-state index in [9.17, 15) is 51.0 Å². The summed E-state index contributed by atoms with van der Waals surface area (Å²) in [5.74, 6) is -3.00. The highest BCUT2D eigenvalue weighted by Crippen LogP contribution is 2.37. The molecule has 2 saturated heterocycles. The molecule has 0 amide bonds.